The van der Waals surface area contributed by atoms with Crippen molar-refractivity contribution in [3.05, 3.63) is 47.7 Å². The van der Waals surface area contributed by atoms with Crippen LogP contribution in [0.5, 0.6) is 0 Å². The van der Waals surface area contributed by atoms with Crippen molar-refractivity contribution in [2.75, 3.05) is 0 Å². The van der Waals surface area contributed by atoms with E-state index in [1.54, 1.807) is 23.0 Å². The fraction of sp³-hybridized carbons (Fsp3) is 0.214. The van der Waals surface area contributed by atoms with Crippen molar-refractivity contribution in [2.45, 2.75) is 17.3 Å². The average molecular weight is 327 g/mol. The van der Waals surface area contributed by atoms with Gasteiger partial charge in [-0.3, -0.25) is 9.78 Å². The topological polar surface area (TPSA) is 34.9 Å². The molecule has 0 saturated carbocycles. The molecule has 0 atom stereocenters. The normalized spacial score (nSPS) is 17.1. The van der Waals surface area contributed by atoms with Crippen molar-refractivity contribution in [2.24, 2.45) is 0 Å². The first kappa shape index (κ1) is 13.9. The minimum atomic E-state index is -1.49. The number of ketones is 1. The molecule has 2 aromatic heterocycles. The molecule has 0 unspecified atom stereocenters. The van der Waals surface area contributed by atoms with Crippen LogP contribution in [0.3, 0.4) is 0 Å². The molecular formula is C14H8Cl3N2O. The number of nitrogens with zero attached hydrogens (tertiary/aromatic N) is 2. The Hall–Kier alpha value is -1.03. The second kappa shape index (κ2) is 4.76. The van der Waals surface area contributed by atoms with Gasteiger partial charge in [0.2, 0.25) is 5.78 Å². The number of carbonyl (C=O) groups excluding carboxylic acids is 1. The van der Waals surface area contributed by atoms with Gasteiger partial charge in [0, 0.05) is 43.4 Å². The average Bonchev–Trinajstić information content (AvgIpc) is 2.68. The molecule has 3 rings (SSSR count). The fourth-order valence-electron chi connectivity index (χ4n) is 2.37. The first-order valence-corrected chi connectivity index (χ1v) is 7.03. The van der Waals surface area contributed by atoms with Gasteiger partial charge in [-0.1, -0.05) is 34.8 Å². The molecule has 1 aliphatic rings. The SMILES string of the molecule is [C]c1c(Cl)c(-c2cccnc2)n2c1C(=O)C(Cl)(Cl)CC2. The van der Waals surface area contributed by atoms with E-state index >= 15 is 0 Å². The Labute approximate surface area is 131 Å². The van der Waals surface area contributed by atoms with Crippen molar-refractivity contribution in [3.63, 3.8) is 0 Å². The summed E-state index contributed by atoms with van der Waals surface area (Å²) in [6.45, 7) is 8.47. The number of hydrogen-bond donors (Lipinski definition) is 0. The summed E-state index contributed by atoms with van der Waals surface area (Å²) in [4.78, 5) is 16.3. The van der Waals surface area contributed by atoms with Gasteiger partial charge < -0.3 is 4.57 Å². The van der Waals surface area contributed by atoms with Crippen LogP contribution in [-0.2, 0) is 6.54 Å². The van der Waals surface area contributed by atoms with E-state index in [1.165, 1.54) is 0 Å². The van der Waals surface area contributed by atoms with Gasteiger partial charge in [0.15, 0.2) is 4.33 Å². The lowest BCUT2D eigenvalue weighted by Crippen LogP contribution is -2.35. The Morgan fingerprint density at radius 1 is 1.35 bits per heavy atom. The monoisotopic (exact) mass is 325 g/mol. The molecule has 3 heterocycles. The van der Waals surface area contributed by atoms with E-state index in [-0.39, 0.29) is 22.7 Å². The van der Waals surface area contributed by atoms with Crippen molar-refractivity contribution < 1.29 is 4.79 Å². The summed E-state index contributed by atoms with van der Waals surface area (Å²) in [7, 11) is 0. The quantitative estimate of drug-likeness (QED) is 0.745. The molecule has 0 fully saturated rings. The number of hydrogen-bond acceptors (Lipinski definition) is 2. The molecule has 101 valence electrons. The van der Waals surface area contributed by atoms with Crippen LogP contribution in [0.4, 0.5) is 0 Å². The molecule has 6 heteroatoms. The third-order valence-electron chi connectivity index (χ3n) is 3.34. The summed E-state index contributed by atoms with van der Waals surface area (Å²) in [6.07, 6.45) is 3.56. The van der Waals surface area contributed by atoms with Crippen LogP contribution in [-0.4, -0.2) is 19.7 Å². The molecule has 3 radical (unpaired) electrons. The molecule has 0 bridgehead atoms. The first-order valence-electron chi connectivity index (χ1n) is 5.90. The molecule has 0 saturated heterocycles. The number of Topliss-reactive ketones (excluding diaryl/α,β-unsaturated/α-hetero) is 1. The summed E-state index contributed by atoms with van der Waals surface area (Å²) in [5.74, 6) is -0.478. The lowest BCUT2D eigenvalue weighted by Gasteiger charge is -2.26. The van der Waals surface area contributed by atoms with Crippen LogP contribution in [0.1, 0.15) is 22.5 Å². The van der Waals surface area contributed by atoms with Gasteiger partial charge in [-0.15, -0.1) is 0 Å². The molecule has 20 heavy (non-hydrogen) atoms. The van der Waals surface area contributed by atoms with Crippen molar-refractivity contribution in [3.8, 4) is 11.3 Å². The Morgan fingerprint density at radius 3 is 2.75 bits per heavy atom. The maximum absolute atomic E-state index is 12.3. The summed E-state index contributed by atoms with van der Waals surface area (Å²) < 4.78 is 0.215. The molecule has 0 aromatic carbocycles. The number of rotatable bonds is 1. The molecule has 0 amide bonds. The Morgan fingerprint density at radius 2 is 2.10 bits per heavy atom. The predicted molar refractivity (Wildman–Crippen MR) is 78.4 cm³/mol. The highest BCUT2D eigenvalue weighted by atomic mass is 35.5. The number of alkyl halides is 2. The highest BCUT2D eigenvalue weighted by Crippen LogP contribution is 2.43. The second-order valence-corrected chi connectivity index (χ2v) is 6.42. The summed E-state index contributed by atoms with van der Waals surface area (Å²) >= 11 is 18.2. The smallest absolute Gasteiger partial charge is 0.215 e. The molecular weight excluding hydrogens is 319 g/mol. The van der Waals surface area contributed by atoms with E-state index in [2.05, 4.69) is 4.98 Å². The van der Waals surface area contributed by atoms with Gasteiger partial charge in [0.1, 0.15) is 0 Å². The van der Waals surface area contributed by atoms with Crippen LogP contribution in [0, 0.1) is 6.92 Å². The highest BCUT2D eigenvalue weighted by molar-refractivity contribution is 6.60. The van der Waals surface area contributed by atoms with E-state index in [9.17, 15) is 4.79 Å². The Balaban J connectivity index is 2.26. The van der Waals surface area contributed by atoms with Gasteiger partial charge in [-0.2, -0.15) is 0 Å². The van der Waals surface area contributed by atoms with Gasteiger partial charge in [0.25, 0.3) is 0 Å². The van der Waals surface area contributed by atoms with Crippen LogP contribution in [0.25, 0.3) is 11.3 Å². The van der Waals surface area contributed by atoms with E-state index in [1.807, 2.05) is 6.07 Å². The second-order valence-electron chi connectivity index (χ2n) is 4.56. The maximum Gasteiger partial charge on any atom is 0.215 e. The zero-order valence-corrected chi connectivity index (χ0v) is 12.4. The molecule has 0 N–H and O–H groups in total. The molecule has 0 aliphatic carbocycles. The third kappa shape index (κ3) is 1.96. The third-order valence-corrected chi connectivity index (χ3v) is 4.42. The van der Waals surface area contributed by atoms with Crippen LogP contribution >= 0.6 is 34.8 Å². The van der Waals surface area contributed by atoms with Crippen LogP contribution in [0.15, 0.2) is 24.5 Å². The van der Waals surface area contributed by atoms with Crippen LogP contribution in [0.2, 0.25) is 5.02 Å². The number of fused-ring (bicyclic) bond motifs is 1. The highest BCUT2D eigenvalue weighted by Gasteiger charge is 2.42. The summed E-state index contributed by atoms with van der Waals surface area (Å²) in [5.41, 5.74) is 1.48. The van der Waals surface area contributed by atoms with Gasteiger partial charge in [-0.25, -0.2) is 0 Å². The van der Waals surface area contributed by atoms with E-state index in [0.29, 0.717) is 12.2 Å². The minimum Gasteiger partial charge on any atom is -0.336 e. The number of halogens is 3. The zero-order chi connectivity index (χ0) is 14.5. The Bertz CT molecular complexity index is 692. The zero-order valence-electron chi connectivity index (χ0n) is 10.2. The van der Waals surface area contributed by atoms with Gasteiger partial charge in [0.05, 0.1) is 16.4 Å². The molecule has 1 aliphatic heterocycles. The van der Waals surface area contributed by atoms with Gasteiger partial charge >= 0.3 is 0 Å². The standard InChI is InChI=1S/C14H8Cl3N2O/c1-8-10(15)12(9-3-2-5-18-7-9)19-6-4-14(16,17)13(20)11(8)19/h2-3,5,7H,4,6H2. The maximum atomic E-state index is 12.3. The molecule has 0 spiro atoms. The first-order chi connectivity index (χ1) is 9.43. The number of aromatic nitrogens is 2. The summed E-state index contributed by atoms with van der Waals surface area (Å²) in [5, 5.41) is 0.215. The van der Waals surface area contributed by atoms with Crippen molar-refractivity contribution in [1.82, 2.24) is 9.55 Å². The van der Waals surface area contributed by atoms with Gasteiger partial charge in [-0.05, 0) is 12.1 Å². The fourth-order valence-corrected chi connectivity index (χ4v) is 3.02. The van der Waals surface area contributed by atoms with Crippen molar-refractivity contribution >= 4 is 40.6 Å². The lowest BCUT2D eigenvalue weighted by atomic mass is 10.1. The predicted octanol–water partition coefficient (Wildman–Crippen LogP) is 3.90. The minimum absolute atomic E-state index is 0.0408. The van der Waals surface area contributed by atoms with E-state index < -0.39 is 10.1 Å². The van der Waals surface area contributed by atoms with E-state index in [4.69, 9.17) is 41.7 Å². The molecule has 3 nitrogen and oxygen atoms in total. The Kier molecular flexibility index (Phi) is 3.32. The largest absolute Gasteiger partial charge is 0.336 e. The summed E-state index contributed by atoms with van der Waals surface area (Å²) in [6, 6.07) is 3.60. The lowest BCUT2D eigenvalue weighted by molar-refractivity contribution is 0.0942. The van der Waals surface area contributed by atoms with Crippen LogP contribution < -0.4 is 0 Å². The molecule has 2 aromatic rings. The van der Waals surface area contributed by atoms with E-state index in [0.717, 1.165) is 5.56 Å². The van der Waals surface area contributed by atoms with Crippen molar-refractivity contribution in [1.29, 1.82) is 0 Å². The number of carbonyl (C=O) groups is 1. The number of pyridine rings is 1.